The maximum Gasteiger partial charge on any atom is 0.248 e. The van der Waals surface area contributed by atoms with E-state index in [4.69, 9.17) is 4.74 Å². The molecule has 0 unspecified atom stereocenters. The minimum Gasteiger partial charge on any atom is -0.486 e. The van der Waals surface area contributed by atoms with Crippen molar-refractivity contribution in [1.82, 2.24) is 14.5 Å². The van der Waals surface area contributed by atoms with Crippen LogP contribution in [-0.4, -0.2) is 14.5 Å². The molecule has 5 nitrogen and oxygen atoms in total. The topological polar surface area (TPSA) is 59.9 Å². The normalized spacial score (nSPS) is 10.8. The van der Waals surface area contributed by atoms with Crippen LogP contribution in [0.3, 0.4) is 0 Å². The van der Waals surface area contributed by atoms with Crippen LogP contribution in [0, 0.1) is 0 Å². The number of fused-ring (bicyclic) bond motifs is 1. The predicted octanol–water partition coefficient (Wildman–Crippen LogP) is 1.84. The van der Waals surface area contributed by atoms with Gasteiger partial charge in [-0.25, -0.2) is 4.98 Å². The molecule has 0 amide bonds. The summed E-state index contributed by atoms with van der Waals surface area (Å²) in [5.41, 5.74) is 0.651. The summed E-state index contributed by atoms with van der Waals surface area (Å²) < 4.78 is 7.58. The van der Waals surface area contributed by atoms with Crippen molar-refractivity contribution >= 4 is 10.9 Å². The lowest BCUT2D eigenvalue weighted by Crippen LogP contribution is -2.04. The van der Waals surface area contributed by atoms with Crippen molar-refractivity contribution in [2.24, 2.45) is 7.05 Å². The fraction of sp³-hybridized carbons (Fsp3) is 0.143. The molecule has 19 heavy (non-hydrogen) atoms. The van der Waals surface area contributed by atoms with E-state index in [-0.39, 0.29) is 5.56 Å². The second-order valence-electron chi connectivity index (χ2n) is 4.31. The van der Waals surface area contributed by atoms with E-state index in [0.29, 0.717) is 12.4 Å². The molecule has 5 heteroatoms. The first kappa shape index (κ1) is 11.5. The smallest absolute Gasteiger partial charge is 0.248 e. The van der Waals surface area contributed by atoms with E-state index in [2.05, 4.69) is 9.97 Å². The third kappa shape index (κ3) is 2.35. The molecule has 1 aromatic carbocycles. The molecule has 0 aliphatic carbocycles. The van der Waals surface area contributed by atoms with Gasteiger partial charge >= 0.3 is 0 Å². The maximum absolute atomic E-state index is 11.3. The van der Waals surface area contributed by atoms with Crippen molar-refractivity contribution in [3.05, 3.63) is 58.9 Å². The van der Waals surface area contributed by atoms with Crippen molar-refractivity contribution in [3.63, 3.8) is 0 Å². The zero-order chi connectivity index (χ0) is 13.2. The van der Waals surface area contributed by atoms with Crippen LogP contribution in [-0.2, 0) is 13.7 Å². The molecule has 96 valence electrons. The number of aromatic nitrogens is 3. The van der Waals surface area contributed by atoms with Gasteiger partial charge in [0.15, 0.2) is 0 Å². The Labute approximate surface area is 109 Å². The van der Waals surface area contributed by atoms with Gasteiger partial charge in [0.05, 0.1) is 5.52 Å². The van der Waals surface area contributed by atoms with E-state index in [1.165, 1.54) is 6.07 Å². The number of aryl methyl sites for hydroxylation is 1. The first-order chi connectivity index (χ1) is 9.22. The van der Waals surface area contributed by atoms with Crippen LogP contribution >= 0.6 is 0 Å². The van der Waals surface area contributed by atoms with Crippen LogP contribution < -0.4 is 10.3 Å². The molecule has 0 fully saturated rings. The number of H-pyrrole nitrogens is 1. The number of hydrogen-bond acceptors (Lipinski definition) is 3. The Morgan fingerprint density at radius 3 is 2.95 bits per heavy atom. The van der Waals surface area contributed by atoms with E-state index >= 15 is 0 Å². The number of rotatable bonds is 3. The highest BCUT2D eigenvalue weighted by atomic mass is 16.5. The van der Waals surface area contributed by atoms with E-state index in [9.17, 15) is 4.79 Å². The van der Waals surface area contributed by atoms with Gasteiger partial charge < -0.3 is 14.3 Å². The summed E-state index contributed by atoms with van der Waals surface area (Å²) in [6.45, 7) is 0.395. The van der Waals surface area contributed by atoms with Gasteiger partial charge in [-0.1, -0.05) is 0 Å². The number of aromatic amines is 1. The quantitative estimate of drug-likeness (QED) is 0.776. The molecule has 0 saturated heterocycles. The number of imidazole rings is 1. The SMILES string of the molecule is Cn1ccnc1COc1ccc2ccc(=O)[nH]c2c1. The molecule has 2 heterocycles. The molecule has 0 saturated carbocycles. The van der Waals surface area contributed by atoms with Gasteiger partial charge in [-0.3, -0.25) is 4.79 Å². The summed E-state index contributed by atoms with van der Waals surface area (Å²) in [6.07, 6.45) is 3.60. The van der Waals surface area contributed by atoms with Crippen LogP contribution in [0.4, 0.5) is 0 Å². The van der Waals surface area contributed by atoms with Crippen LogP contribution in [0.2, 0.25) is 0 Å². The Morgan fingerprint density at radius 2 is 2.16 bits per heavy atom. The molecule has 3 aromatic rings. The maximum atomic E-state index is 11.3. The number of pyridine rings is 1. The summed E-state index contributed by atoms with van der Waals surface area (Å²) in [7, 11) is 1.92. The standard InChI is InChI=1S/C14H13N3O2/c1-17-7-6-15-13(17)9-19-11-4-2-10-3-5-14(18)16-12(10)8-11/h2-8H,9H2,1H3,(H,16,18). The largest absolute Gasteiger partial charge is 0.486 e. The predicted molar refractivity (Wildman–Crippen MR) is 72.1 cm³/mol. The Balaban J connectivity index is 1.85. The molecular weight excluding hydrogens is 242 g/mol. The second-order valence-corrected chi connectivity index (χ2v) is 4.31. The number of nitrogens with one attached hydrogen (secondary N) is 1. The molecular formula is C14H13N3O2. The fourth-order valence-electron chi connectivity index (χ4n) is 1.90. The van der Waals surface area contributed by atoms with E-state index < -0.39 is 0 Å². The number of benzene rings is 1. The highest BCUT2D eigenvalue weighted by Crippen LogP contribution is 2.18. The minimum absolute atomic E-state index is 0.117. The van der Waals surface area contributed by atoms with Crippen molar-refractivity contribution in [3.8, 4) is 5.75 Å². The van der Waals surface area contributed by atoms with Gasteiger partial charge in [0, 0.05) is 31.6 Å². The van der Waals surface area contributed by atoms with Crippen LogP contribution in [0.5, 0.6) is 5.75 Å². The number of ether oxygens (including phenoxy) is 1. The molecule has 1 N–H and O–H groups in total. The van der Waals surface area contributed by atoms with E-state index in [1.807, 2.05) is 36.0 Å². The summed E-state index contributed by atoms with van der Waals surface area (Å²) in [6, 6.07) is 8.91. The van der Waals surface area contributed by atoms with E-state index in [0.717, 1.165) is 16.7 Å². The molecule has 0 aliphatic heterocycles. The summed E-state index contributed by atoms with van der Waals surface area (Å²) >= 11 is 0. The average molecular weight is 255 g/mol. The molecule has 3 rings (SSSR count). The fourth-order valence-corrected chi connectivity index (χ4v) is 1.90. The third-order valence-corrected chi connectivity index (χ3v) is 2.99. The molecule has 0 atom stereocenters. The van der Waals surface area contributed by atoms with Gasteiger partial charge in [-0.2, -0.15) is 0 Å². The van der Waals surface area contributed by atoms with Gasteiger partial charge in [0.25, 0.3) is 0 Å². The first-order valence-electron chi connectivity index (χ1n) is 5.94. The van der Waals surface area contributed by atoms with Crippen molar-refractivity contribution in [1.29, 1.82) is 0 Å². The Bertz CT molecular complexity index is 773. The van der Waals surface area contributed by atoms with Gasteiger partial charge in [-0.15, -0.1) is 0 Å². The molecule has 2 aromatic heterocycles. The summed E-state index contributed by atoms with van der Waals surface area (Å²) in [5, 5.41) is 0.976. The first-order valence-corrected chi connectivity index (χ1v) is 5.94. The Kier molecular flexibility index (Phi) is 2.79. The molecule has 0 bridgehead atoms. The van der Waals surface area contributed by atoms with Crippen molar-refractivity contribution in [2.45, 2.75) is 6.61 Å². The highest BCUT2D eigenvalue weighted by Gasteiger charge is 2.02. The van der Waals surface area contributed by atoms with Gasteiger partial charge in [0.2, 0.25) is 5.56 Å². The molecule has 0 radical (unpaired) electrons. The lowest BCUT2D eigenvalue weighted by molar-refractivity contribution is 0.292. The van der Waals surface area contributed by atoms with Gasteiger partial charge in [0.1, 0.15) is 18.2 Å². The van der Waals surface area contributed by atoms with Crippen LogP contribution in [0.15, 0.2) is 47.5 Å². The molecule has 0 aliphatic rings. The van der Waals surface area contributed by atoms with E-state index in [1.54, 1.807) is 12.3 Å². The number of nitrogens with zero attached hydrogens (tertiary/aromatic N) is 2. The number of hydrogen-bond donors (Lipinski definition) is 1. The minimum atomic E-state index is -0.117. The van der Waals surface area contributed by atoms with Gasteiger partial charge in [-0.05, 0) is 23.6 Å². The second kappa shape index (κ2) is 4.61. The zero-order valence-corrected chi connectivity index (χ0v) is 10.5. The van der Waals surface area contributed by atoms with Crippen LogP contribution in [0.1, 0.15) is 5.82 Å². The summed E-state index contributed by atoms with van der Waals surface area (Å²) in [4.78, 5) is 18.2. The average Bonchev–Trinajstić information content (AvgIpc) is 2.81. The monoisotopic (exact) mass is 255 g/mol. The van der Waals surface area contributed by atoms with Crippen molar-refractivity contribution < 1.29 is 4.74 Å². The Morgan fingerprint density at radius 1 is 1.32 bits per heavy atom. The molecule has 0 spiro atoms. The Hall–Kier alpha value is -2.56. The van der Waals surface area contributed by atoms with Crippen molar-refractivity contribution in [2.75, 3.05) is 0 Å². The lowest BCUT2D eigenvalue weighted by Gasteiger charge is -2.07. The third-order valence-electron chi connectivity index (χ3n) is 2.99. The summed E-state index contributed by atoms with van der Waals surface area (Å²) in [5.74, 6) is 1.55. The zero-order valence-electron chi connectivity index (χ0n) is 10.5. The lowest BCUT2D eigenvalue weighted by atomic mass is 10.2. The van der Waals surface area contributed by atoms with Crippen LogP contribution in [0.25, 0.3) is 10.9 Å². The highest BCUT2D eigenvalue weighted by molar-refractivity contribution is 5.79.